The smallest absolute Gasteiger partial charge is 0.186 e. The SMILES string of the molecule is Cc1ccc(C[C@H]2OC(C)(C)O[C@H]2[C@@H](COC2OC(COCc3ccccc3)C(OCc3ccccc3)C(OCc3ccccc3)C2OCc2ccccc2)N=[N+]=[N-])cc1. The molecule has 2 fully saturated rings. The van der Waals surface area contributed by atoms with Gasteiger partial charge in [-0.15, -0.1) is 0 Å². The van der Waals surface area contributed by atoms with Crippen LogP contribution in [0.1, 0.15) is 47.2 Å². The summed E-state index contributed by atoms with van der Waals surface area (Å²) in [5, 5.41) is 4.23. The van der Waals surface area contributed by atoms with Crippen LogP contribution in [0, 0.1) is 6.92 Å². The van der Waals surface area contributed by atoms with Gasteiger partial charge in [0.25, 0.3) is 0 Å². The third-order valence-corrected chi connectivity index (χ3v) is 10.6. The van der Waals surface area contributed by atoms with Crippen molar-refractivity contribution in [2.75, 3.05) is 13.2 Å². The summed E-state index contributed by atoms with van der Waals surface area (Å²) in [6.45, 7) is 7.14. The molecule has 11 heteroatoms. The van der Waals surface area contributed by atoms with Gasteiger partial charge >= 0.3 is 0 Å². The third kappa shape index (κ3) is 12.3. The lowest BCUT2D eigenvalue weighted by molar-refractivity contribution is -0.329. The maximum Gasteiger partial charge on any atom is 0.186 e. The predicted molar refractivity (Wildman–Crippen MR) is 227 cm³/mol. The Kier molecular flexibility index (Phi) is 15.5. The van der Waals surface area contributed by atoms with Crippen molar-refractivity contribution in [3.8, 4) is 0 Å². The number of nitrogens with zero attached hydrogens (tertiary/aromatic N) is 3. The van der Waals surface area contributed by atoms with Gasteiger partial charge in [0, 0.05) is 11.3 Å². The Morgan fingerprint density at radius 2 is 1.08 bits per heavy atom. The lowest BCUT2D eigenvalue weighted by Gasteiger charge is -2.46. The lowest BCUT2D eigenvalue weighted by Crippen LogP contribution is -2.62. The Bertz CT molecular complexity index is 2050. The molecule has 0 bridgehead atoms. The quantitative estimate of drug-likeness (QED) is 0.0433. The molecule has 60 heavy (non-hydrogen) atoms. The largest absolute Gasteiger partial charge is 0.374 e. The molecule has 11 nitrogen and oxygen atoms in total. The molecule has 0 N–H and O–H groups in total. The zero-order chi connectivity index (χ0) is 41.6. The van der Waals surface area contributed by atoms with Crippen LogP contribution in [0.2, 0.25) is 0 Å². The summed E-state index contributed by atoms with van der Waals surface area (Å²) >= 11 is 0. The number of aryl methyl sites for hydroxylation is 1. The summed E-state index contributed by atoms with van der Waals surface area (Å²) < 4.78 is 53.3. The highest BCUT2D eigenvalue weighted by Gasteiger charge is 2.50. The number of rotatable bonds is 20. The lowest BCUT2D eigenvalue weighted by atomic mass is 9.97. The zero-order valence-electron chi connectivity index (χ0n) is 34.5. The highest BCUT2D eigenvalue weighted by molar-refractivity contribution is 5.23. The number of benzene rings is 5. The van der Waals surface area contributed by atoms with Crippen LogP contribution in [0.25, 0.3) is 10.4 Å². The van der Waals surface area contributed by atoms with Gasteiger partial charge in [-0.05, 0) is 54.1 Å². The molecule has 2 aliphatic heterocycles. The van der Waals surface area contributed by atoms with Crippen LogP contribution in [0.15, 0.2) is 151 Å². The Hall–Kier alpha value is -4.91. The van der Waals surface area contributed by atoms with Crippen molar-refractivity contribution in [3.63, 3.8) is 0 Å². The summed E-state index contributed by atoms with van der Waals surface area (Å²) in [5.41, 5.74) is 16.1. The van der Waals surface area contributed by atoms with Gasteiger partial charge in [-0.25, -0.2) is 0 Å². The topological polar surface area (TPSA) is 123 Å². The Balaban J connectivity index is 1.19. The van der Waals surface area contributed by atoms with Gasteiger partial charge in [0.05, 0.1) is 57.9 Å². The van der Waals surface area contributed by atoms with E-state index in [2.05, 4.69) is 41.2 Å². The zero-order valence-corrected chi connectivity index (χ0v) is 34.5. The van der Waals surface area contributed by atoms with E-state index in [1.165, 1.54) is 5.56 Å². The van der Waals surface area contributed by atoms with Gasteiger partial charge in [0.1, 0.15) is 24.4 Å². The van der Waals surface area contributed by atoms with E-state index in [9.17, 15) is 5.53 Å². The van der Waals surface area contributed by atoms with Crippen LogP contribution in [-0.2, 0) is 70.7 Å². The van der Waals surface area contributed by atoms with Crippen LogP contribution in [0.3, 0.4) is 0 Å². The van der Waals surface area contributed by atoms with Crippen LogP contribution >= 0.6 is 0 Å². The monoisotopic (exact) mass is 813 g/mol. The average molecular weight is 814 g/mol. The number of hydrogen-bond donors (Lipinski definition) is 0. The van der Waals surface area contributed by atoms with Gasteiger partial charge in [-0.1, -0.05) is 156 Å². The van der Waals surface area contributed by atoms with E-state index in [-0.39, 0.29) is 26.4 Å². The van der Waals surface area contributed by atoms with Crippen molar-refractivity contribution < 1.29 is 37.9 Å². The fourth-order valence-corrected chi connectivity index (χ4v) is 7.64. The van der Waals surface area contributed by atoms with E-state index in [0.29, 0.717) is 19.6 Å². The molecule has 2 saturated heterocycles. The molecule has 8 atom stereocenters. The van der Waals surface area contributed by atoms with Crippen LogP contribution in [0.4, 0.5) is 0 Å². The molecular weight excluding hydrogens is 759 g/mol. The van der Waals surface area contributed by atoms with E-state index in [1.807, 2.05) is 135 Å². The van der Waals surface area contributed by atoms with Crippen molar-refractivity contribution in [2.24, 2.45) is 5.11 Å². The van der Waals surface area contributed by atoms with Crippen molar-refractivity contribution >= 4 is 0 Å². The first kappa shape index (κ1) is 43.2. The summed E-state index contributed by atoms with van der Waals surface area (Å²) in [6, 6.07) is 47.5. The average Bonchev–Trinajstić information content (AvgIpc) is 3.58. The Morgan fingerprint density at radius 1 is 0.583 bits per heavy atom. The molecule has 0 amide bonds. The molecule has 5 aromatic carbocycles. The highest BCUT2D eigenvalue weighted by atomic mass is 16.8. The van der Waals surface area contributed by atoms with Crippen molar-refractivity contribution in [1.82, 2.24) is 0 Å². The van der Waals surface area contributed by atoms with Gasteiger partial charge in [-0.3, -0.25) is 0 Å². The van der Waals surface area contributed by atoms with Crippen molar-refractivity contribution in [3.05, 3.63) is 189 Å². The number of azide groups is 1. The molecule has 0 saturated carbocycles. The van der Waals surface area contributed by atoms with Crippen LogP contribution < -0.4 is 0 Å². The minimum absolute atomic E-state index is 0.0486. The molecule has 314 valence electrons. The maximum absolute atomic E-state index is 9.87. The van der Waals surface area contributed by atoms with E-state index >= 15 is 0 Å². The fraction of sp³-hybridized carbons (Fsp3) is 0.388. The van der Waals surface area contributed by atoms with Gasteiger partial charge < -0.3 is 37.9 Å². The minimum atomic E-state index is -0.987. The van der Waals surface area contributed by atoms with E-state index < -0.39 is 54.7 Å². The minimum Gasteiger partial charge on any atom is -0.374 e. The molecule has 0 aromatic heterocycles. The summed E-state index contributed by atoms with van der Waals surface area (Å²) in [6.07, 6.45) is -4.19. The normalized spacial score (nSPS) is 24.1. The fourth-order valence-electron chi connectivity index (χ4n) is 7.64. The Morgan fingerprint density at radius 3 is 1.62 bits per heavy atom. The van der Waals surface area contributed by atoms with E-state index in [4.69, 9.17) is 37.9 Å². The molecule has 0 aliphatic carbocycles. The Labute approximate surface area is 353 Å². The van der Waals surface area contributed by atoms with Gasteiger partial charge in [0.2, 0.25) is 0 Å². The molecule has 5 aromatic rings. The molecule has 0 spiro atoms. The second-order valence-corrected chi connectivity index (χ2v) is 15.8. The van der Waals surface area contributed by atoms with Gasteiger partial charge in [-0.2, -0.15) is 0 Å². The molecule has 2 aliphatic rings. The van der Waals surface area contributed by atoms with Crippen molar-refractivity contribution in [2.45, 2.75) is 108 Å². The predicted octanol–water partition coefficient (Wildman–Crippen LogP) is 9.45. The van der Waals surface area contributed by atoms with Crippen LogP contribution in [0.5, 0.6) is 0 Å². The molecule has 0 radical (unpaired) electrons. The molecule has 5 unspecified atom stereocenters. The second kappa shape index (κ2) is 21.6. The molecule has 2 heterocycles. The summed E-state index contributed by atoms with van der Waals surface area (Å²) in [4.78, 5) is 3.24. The molecule has 7 rings (SSSR count). The van der Waals surface area contributed by atoms with Crippen LogP contribution in [-0.4, -0.2) is 68.0 Å². The summed E-state index contributed by atoms with van der Waals surface area (Å²) in [7, 11) is 0. The van der Waals surface area contributed by atoms with E-state index in [1.54, 1.807) is 0 Å². The highest BCUT2D eigenvalue weighted by Crippen LogP contribution is 2.35. The first-order chi connectivity index (χ1) is 29.3. The third-order valence-electron chi connectivity index (χ3n) is 10.6. The maximum atomic E-state index is 9.87. The molecular formula is C49H55N3O8. The van der Waals surface area contributed by atoms with Gasteiger partial charge in [0.15, 0.2) is 12.1 Å². The second-order valence-electron chi connectivity index (χ2n) is 15.8. The first-order valence-corrected chi connectivity index (χ1v) is 20.6. The van der Waals surface area contributed by atoms with E-state index in [0.717, 1.165) is 27.8 Å². The first-order valence-electron chi connectivity index (χ1n) is 20.6. The van der Waals surface area contributed by atoms with Crippen molar-refractivity contribution in [1.29, 1.82) is 0 Å². The number of hydrogen-bond acceptors (Lipinski definition) is 9. The summed E-state index contributed by atoms with van der Waals surface area (Å²) in [5.74, 6) is -0.910. The standard InChI is InChI=1S/C49H55N3O8/c1-35-24-26-36(27-25-35)28-42-44(60-49(2,3)59-42)41(51-52-50)33-57-48-47(56-32-40-22-14-7-15-23-40)46(55-31-39-20-12-6-13-21-39)45(54-30-38-18-10-5-11-19-38)43(58-48)34-53-29-37-16-8-4-9-17-37/h4-27,41-48H,28-34H2,1-3H3/t41-,42-,43?,44+,45?,46?,47?,48?/m1/s1. The number of ether oxygens (including phenoxy) is 8.